The van der Waals surface area contributed by atoms with Crippen LogP contribution in [0.5, 0.6) is 5.75 Å². The zero-order chi connectivity index (χ0) is 31.4. The number of anilines is 1. The van der Waals surface area contributed by atoms with Gasteiger partial charge in [0.1, 0.15) is 5.75 Å². The number of aromatic hydroxyl groups is 1. The largest absolute Gasteiger partial charge is 0.506 e. The van der Waals surface area contributed by atoms with Crippen molar-refractivity contribution in [1.82, 2.24) is 15.5 Å². The molecular weight excluding hydrogens is 550 g/mol. The molecule has 6 atom stereocenters. The van der Waals surface area contributed by atoms with E-state index in [0.717, 1.165) is 0 Å². The summed E-state index contributed by atoms with van der Waals surface area (Å²) >= 11 is 0. The van der Waals surface area contributed by atoms with Gasteiger partial charge in [-0.25, -0.2) is 0 Å². The predicted molar refractivity (Wildman–Crippen MR) is 147 cm³/mol. The van der Waals surface area contributed by atoms with E-state index >= 15 is 0 Å². The number of likely N-dealkylation sites (N-methyl/N-ethyl adjacent to an activating group) is 1. The molecule has 6 N–H and O–H groups in total. The minimum absolute atomic E-state index is 0.0344. The van der Waals surface area contributed by atoms with E-state index in [1.807, 2.05) is 0 Å². The Kier molecular flexibility index (Phi) is 8.00. The number of nitrogens with one attached hydrogen (secondary N) is 2. The van der Waals surface area contributed by atoms with Crippen LogP contribution in [0.1, 0.15) is 39.6 Å². The van der Waals surface area contributed by atoms with Crippen molar-refractivity contribution in [3.63, 3.8) is 0 Å². The summed E-state index contributed by atoms with van der Waals surface area (Å²) in [5.74, 6) is -12.8. The van der Waals surface area contributed by atoms with E-state index in [-0.39, 0.29) is 43.0 Å². The first kappa shape index (κ1) is 30.8. The molecule has 3 aliphatic carbocycles. The Labute approximate surface area is 241 Å². The fraction of sp³-hybridized carbons (Fsp3) is 0.536. The molecule has 3 amide bonds. The minimum atomic E-state index is -2.84. The third-order valence-electron chi connectivity index (χ3n) is 8.55. The summed E-state index contributed by atoms with van der Waals surface area (Å²) in [4.78, 5) is 93.9. The van der Waals surface area contributed by atoms with Gasteiger partial charge in [-0.15, -0.1) is 0 Å². The van der Waals surface area contributed by atoms with Crippen LogP contribution in [0.15, 0.2) is 6.07 Å². The number of fused-ring (bicyclic) bond motifs is 3. The number of aliphatic hydroxyl groups is 1. The molecule has 0 bridgehead atoms. The molecule has 14 nitrogen and oxygen atoms in total. The summed E-state index contributed by atoms with van der Waals surface area (Å²) in [7, 11) is 6.38. The molecule has 2 saturated carbocycles. The first-order valence-electron chi connectivity index (χ1n) is 13.5. The van der Waals surface area contributed by atoms with E-state index in [4.69, 9.17) is 5.73 Å². The van der Waals surface area contributed by atoms with Gasteiger partial charge in [-0.05, 0) is 44.5 Å². The molecule has 0 spiro atoms. The van der Waals surface area contributed by atoms with Gasteiger partial charge in [0, 0.05) is 45.7 Å². The lowest BCUT2D eigenvalue weighted by atomic mass is 9.52. The molecule has 4 rings (SSSR count). The first-order valence-corrected chi connectivity index (χ1v) is 13.5. The number of rotatable bonds is 7. The Morgan fingerprint density at radius 1 is 1.05 bits per heavy atom. The lowest BCUT2D eigenvalue weighted by Crippen LogP contribution is -2.74. The van der Waals surface area contributed by atoms with Crippen LogP contribution in [0.3, 0.4) is 0 Å². The fourth-order valence-electron chi connectivity index (χ4n) is 6.73. The van der Waals surface area contributed by atoms with E-state index in [1.165, 1.54) is 32.0 Å². The molecule has 14 heteroatoms. The number of hydrogen-bond acceptors (Lipinski definition) is 11. The SMILES string of the molecule is CC(=O)NCCNC(=O)c1cc(N(C)C)c2c(c1O)C(=O)C1C(=O)[C@]3(O)C(=O)C(C(N)=O)C(=O)[C@@H](N(C)C)[C@@H]3C[C@@H]1C2. The number of hydrogen-bond donors (Lipinski definition) is 5. The van der Waals surface area contributed by atoms with Crippen LogP contribution < -0.4 is 21.3 Å². The van der Waals surface area contributed by atoms with E-state index in [9.17, 15) is 43.8 Å². The van der Waals surface area contributed by atoms with Crippen LogP contribution in [0.2, 0.25) is 0 Å². The fourth-order valence-corrected chi connectivity index (χ4v) is 6.73. The van der Waals surface area contributed by atoms with Crippen LogP contribution in [0, 0.1) is 23.7 Å². The van der Waals surface area contributed by atoms with Gasteiger partial charge < -0.3 is 31.5 Å². The average molecular weight is 586 g/mol. The number of Topliss-reactive ketones (excluding diaryl/α,β-unsaturated/α-hetero) is 4. The summed E-state index contributed by atoms with van der Waals surface area (Å²) in [6.07, 6.45) is -0.0136. The van der Waals surface area contributed by atoms with Crippen molar-refractivity contribution < 1.29 is 43.8 Å². The van der Waals surface area contributed by atoms with Crippen molar-refractivity contribution in [2.45, 2.75) is 31.4 Å². The van der Waals surface area contributed by atoms with Gasteiger partial charge in [-0.2, -0.15) is 0 Å². The zero-order valence-corrected chi connectivity index (χ0v) is 24.0. The third-order valence-corrected chi connectivity index (χ3v) is 8.55. The lowest BCUT2D eigenvalue weighted by Gasteiger charge is -2.52. The summed E-state index contributed by atoms with van der Waals surface area (Å²) in [6, 6.07) is 0.224. The molecular formula is C28H35N5O9. The van der Waals surface area contributed by atoms with E-state index in [1.54, 1.807) is 19.0 Å². The monoisotopic (exact) mass is 585 g/mol. The van der Waals surface area contributed by atoms with Gasteiger partial charge in [0.25, 0.3) is 5.91 Å². The second-order valence-corrected chi connectivity index (χ2v) is 11.6. The number of nitrogens with two attached hydrogens (primary N) is 1. The minimum Gasteiger partial charge on any atom is -0.506 e. The Hall–Kier alpha value is -4.17. The molecule has 2 fully saturated rings. The maximum Gasteiger partial charge on any atom is 0.255 e. The second-order valence-electron chi connectivity index (χ2n) is 11.6. The van der Waals surface area contributed by atoms with Crippen molar-refractivity contribution in [2.75, 3.05) is 46.2 Å². The van der Waals surface area contributed by atoms with Gasteiger partial charge in [0.05, 0.1) is 23.1 Å². The van der Waals surface area contributed by atoms with Gasteiger partial charge >= 0.3 is 0 Å². The third kappa shape index (κ3) is 4.64. The van der Waals surface area contributed by atoms with Crippen LogP contribution >= 0.6 is 0 Å². The maximum absolute atomic E-state index is 14.0. The molecule has 226 valence electrons. The normalized spacial score (nSPS) is 28.5. The summed E-state index contributed by atoms with van der Waals surface area (Å²) < 4.78 is 0. The van der Waals surface area contributed by atoms with Crippen molar-refractivity contribution in [3.8, 4) is 5.75 Å². The van der Waals surface area contributed by atoms with Crippen molar-refractivity contribution in [1.29, 1.82) is 0 Å². The Bertz CT molecular complexity index is 1420. The molecule has 0 aliphatic heterocycles. The number of nitrogens with zero attached hydrogens (tertiary/aromatic N) is 2. The number of carbonyl (C=O) groups excluding carboxylic acids is 7. The highest BCUT2D eigenvalue weighted by Gasteiger charge is 2.69. The Balaban J connectivity index is 1.81. The number of phenols is 1. The highest BCUT2D eigenvalue weighted by Crippen LogP contribution is 2.52. The van der Waals surface area contributed by atoms with Crippen LogP contribution in [-0.4, -0.2) is 109 Å². The van der Waals surface area contributed by atoms with Crippen molar-refractivity contribution >= 4 is 46.5 Å². The van der Waals surface area contributed by atoms with E-state index in [2.05, 4.69) is 10.6 Å². The number of primary amides is 1. The van der Waals surface area contributed by atoms with Gasteiger partial charge in [0.2, 0.25) is 11.8 Å². The quantitative estimate of drug-likeness (QED) is 0.171. The predicted octanol–water partition coefficient (Wildman–Crippen LogP) is -2.20. The molecule has 1 aromatic rings. The van der Waals surface area contributed by atoms with Crippen LogP contribution in [0.4, 0.5) is 5.69 Å². The van der Waals surface area contributed by atoms with Gasteiger partial charge in [-0.1, -0.05) is 0 Å². The summed E-state index contributed by atoms with van der Waals surface area (Å²) in [5.41, 5.74) is 2.79. The van der Waals surface area contributed by atoms with Crippen LogP contribution in [-0.2, 0) is 30.4 Å². The van der Waals surface area contributed by atoms with Crippen LogP contribution in [0.25, 0.3) is 0 Å². The van der Waals surface area contributed by atoms with Crippen molar-refractivity contribution in [2.24, 2.45) is 29.4 Å². The molecule has 0 heterocycles. The molecule has 42 heavy (non-hydrogen) atoms. The Morgan fingerprint density at radius 2 is 1.67 bits per heavy atom. The average Bonchev–Trinajstić information content (AvgIpc) is 2.88. The number of benzene rings is 1. The topological polar surface area (TPSA) is 217 Å². The number of amides is 3. The number of phenolic OH excluding ortho intramolecular Hbond substituents is 1. The number of ketones is 4. The smallest absolute Gasteiger partial charge is 0.255 e. The van der Waals surface area contributed by atoms with Gasteiger partial charge in [-0.3, -0.25) is 38.5 Å². The van der Waals surface area contributed by atoms with Gasteiger partial charge in [0.15, 0.2) is 34.7 Å². The highest BCUT2D eigenvalue weighted by atomic mass is 16.3. The first-order chi connectivity index (χ1) is 19.5. The second kappa shape index (κ2) is 10.9. The highest BCUT2D eigenvalue weighted by molar-refractivity contribution is 6.32. The standard InChI is InChI=1S/C28H35N5O9/c1-11(34)30-6-7-31-27(41)14-10-16(32(2)3)13-8-12-9-15-20(33(4)5)23(37)19(26(29)40)25(39)28(15,42)24(38)17(12)22(36)18(13)21(14)35/h10,12,15,17,19-20,35,42H,6-9H2,1-5H3,(H2,29,40)(H,30,34)(H,31,41)/t12-,15-,17?,19?,20-,28-/m0/s1. The summed E-state index contributed by atoms with van der Waals surface area (Å²) in [6.45, 7) is 1.48. The molecule has 0 aromatic heterocycles. The zero-order valence-electron chi connectivity index (χ0n) is 24.0. The molecule has 1 aromatic carbocycles. The van der Waals surface area contributed by atoms with Crippen molar-refractivity contribution in [3.05, 3.63) is 22.8 Å². The molecule has 0 radical (unpaired) electrons. The summed E-state index contributed by atoms with van der Waals surface area (Å²) in [5, 5.41) is 28.0. The van der Waals surface area contributed by atoms with E-state index in [0.29, 0.717) is 11.3 Å². The lowest BCUT2D eigenvalue weighted by molar-refractivity contribution is -0.181. The van der Waals surface area contributed by atoms with E-state index < -0.39 is 76.0 Å². The maximum atomic E-state index is 14.0. The Morgan fingerprint density at radius 3 is 2.21 bits per heavy atom. The molecule has 2 unspecified atom stereocenters. The molecule has 3 aliphatic rings. The molecule has 0 saturated heterocycles. The number of carbonyl (C=O) groups is 7.